The highest BCUT2D eigenvalue weighted by molar-refractivity contribution is 6.31. The van der Waals surface area contributed by atoms with E-state index < -0.39 is 149 Å². The second-order valence-corrected chi connectivity index (χ2v) is 15.5. The zero-order valence-corrected chi connectivity index (χ0v) is 33.7. The molecule has 0 saturated carbocycles. The molecule has 2 aliphatic carbocycles. The first-order valence-corrected chi connectivity index (χ1v) is 19.7. The Morgan fingerprint density at radius 1 is 0.906 bits per heavy atom. The molecule has 0 bridgehead atoms. The van der Waals surface area contributed by atoms with Gasteiger partial charge in [-0.1, -0.05) is 18.2 Å². The molecule has 342 valence electrons. The molecular weight excluding hydrogens is 856 g/mol. The number of ketones is 3. The SMILES string of the molecule is COc1cccc2c1C(=O)c1c(O)c3c(c(O)c1C2=O)C[C@@H](C(=O)CO)C[C@@H]3O[C@H]1CC(NC(=O)OCc2ccc(O[C@@H]3OC(C(=O)O)[C@@H](O)C(O)C3O)c([N+](=O)[O-])c2)[C@H](O)C(C)O1. The molecule has 7 rings (SSSR count). The Bertz CT molecular complexity index is 2400. The minimum atomic E-state index is -2.04. The number of nitrogens with zero attached hydrogens (tertiary/aromatic N) is 1. The molecule has 23 heteroatoms. The Morgan fingerprint density at radius 2 is 1.62 bits per heavy atom. The summed E-state index contributed by atoms with van der Waals surface area (Å²) in [5, 5.41) is 98.1. The first-order chi connectivity index (χ1) is 30.4. The van der Waals surface area contributed by atoms with Crippen molar-refractivity contribution >= 4 is 35.1 Å². The Kier molecular flexibility index (Phi) is 12.9. The number of hydrogen-bond acceptors (Lipinski definition) is 20. The number of Topliss-reactive ketones (excluding diaryl/α,β-unsaturated/α-hetero) is 1. The van der Waals surface area contributed by atoms with Crippen molar-refractivity contribution in [3.05, 3.63) is 85.5 Å². The normalized spacial score (nSPS) is 28.5. The van der Waals surface area contributed by atoms with E-state index in [1.807, 2.05) is 0 Å². The summed E-state index contributed by atoms with van der Waals surface area (Å²) >= 11 is 0. The number of aromatic hydroxyl groups is 2. The zero-order valence-electron chi connectivity index (χ0n) is 33.7. The Balaban J connectivity index is 1.07. The minimum Gasteiger partial charge on any atom is -0.507 e. The fourth-order valence-corrected chi connectivity index (χ4v) is 8.35. The second-order valence-electron chi connectivity index (χ2n) is 15.5. The van der Waals surface area contributed by atoms with Gasteiger partial charge in [-0.2, -0.15) is 0 Å². The number of benzene rings is 3. The number of hydrogen-bond donors (Lipinski definition) is 9. The molecule has 3 aromatic rings. The van der Waals surface area contributed by atoms with Gasteiger partial charge in [-0.3, -0.25) is 24.5 Å². The highest BCUT2D eigenvalue weighted by Crippen LogP contribution is 2.52. The van der Waals surface area contributed by atoms with E-state index in [0.29, 0.717) is 0 Å². The fourth-order valence-electron chi connectivity index (χ4n) is 8.35. The van der Waals surface area contributed by atoms with Crippen molar-refractivity contribution in [2.24, 2.45) is 5.92 Å². The van der Waals surface area contributed by atoms with Crippen LogP contribution in [0.25, 0.3) is 0 Å². The number of carbonyl (C=O) groups excluding carboxylic acids is 4. The molecule has 0 aromatic heterocycles. The quantitative estimate of drug-likeness (QED) is 0.0514. The van der Waals surface area contributed by atoms with Crippen LogP contribution in [0.2, 0.25) is 0 Å². The molecule has 0 radical (unpaired) electrons. The van der Waals surface area contributed by atoms with Crippen molar-refractivity contribution in [2.45, 2.75) is 94.1 Å². The van der Waals surface area contributed by atoms with Crippen LogP contribution in [0.3, 0.4) is 0 Å². The van der Waals surface area contributed by atoms with Gasteiger partial charge in [-0.25, -0.2) is 9.59 Å². The average molecular weight is 899 g/mol. The third-order valence-corrected chi connectivity index (χ3v) is 11.6. The summed E-state index contributed by atoms with van der Waals surface area (Å²) in [6.45, 7) is -0.0182. The molecule has 5 unspecified atom stereocenters. The largest absolute Gasteiger partial charge is 0.507 e. The summed E-state index contributed by atoms with van der Waals surface area (Å²) in [4.78, 5) is 76.2. The number of nitro benzene ring substituents is 1. The van der Waals surface area contributed by atoms with E-state index in [9.17, 15) is 74.9 Å². The van der Waals surface area contributed by atoms with Crippen molar-refractivity contribution in [1.82, 2.24) is 5.32 Å². The van der Waals surface area contributed by atoms with Gasteiger partial charge in [0.15, 0.2) is 29.7 Å². The molecule has 2 fully saturated rings. The Morgan fingerprint density at radius 3 is 2.30 bits per heavy atom. The number of phenols is 2. The van der Waals surface area contributed by atoms with Crippen molar-refractivity contribution in [1.29, 1.82) is 0 Å². The van der Waals surface area contributed by atoms with Gasteiger partial charge < -0.3 is 74.6 Å². The van der Waals surface area contributed by atoms with Crippen LogP contribution in [0.5, 0.6) is 23.0 Å². The number of aliphatic carboxylic acids is 1. The third-order valence-electron chi connectivity index (χ3n) is 11.6. The first kappa shape index (κ1) is 45.7. The fraction of sp³-hybridized carbons (Fsp3) is 0.439. The highest BCUT2D eigenvalue weighted by Gasteiger charge is 2.49. The maximum atomic E-state index is 14.0. The molecule has 64 heavy (non-hydrogen) atoms. The topological polar surface area (TPSA) is 358 Å². The van der Waals surface area contributed by atoms with Crippen molar-refractivity contribution < 1.29 is 98.2 Å². The smallest absolute Gasteiger partial charge is 0.407 e. The first-order valence-electron chi connectivity index (χ1n) is 19.7. The molecule has 3 aromatic carbocycles. The number of aliphatic hydroxyl groups is 5. The van der Waals surface area contributed by atoms with Crippen LogP contribution in [0.1, 0.15) is 74.4 Å². The predicted octanol–water partition coefficient (Wildman–Crippen LogP) is 0.0333. The molecular formula is C41H42N2O21. The van der Waals surface area contributed by atoms with Gasteiger partial charge in [0.25, 0.3) is 0 Å². The highest BCUT2D eigenvalue weighted by atomic mass is 16.7. The number of carbonyl (C=O) groups is 5. The maximum absolute atomic E-state index is 14.0. The molecule has 2 aliphatic heterocycles. The lowest BCUT2D eigenvalue weighted by atomic mass is 9.73. The summed E-state index contributed by atoms with van der Waals surface area (Å²) in [6, 6.07) is 6.32. The van der Waals surface area contributed by atoms with Crippen LogP contribution >= 0.6 is 0 Å². The van der Waals surface area contributed by atoms with Gasteiger partial charge in [0, 0.05) is 35.1 Å². The standard InChI is InChI=1S/C41H42N2O21/c1-14-30(46)19(42-41(56)60-13-15-6-7-22(20(8-15)43(57)58)63-40-37(53)35(51)36(52)38(64-40)39(54)55)11-25(61-14)62-24-10-16(21(45)12-44)9-18-27(24)34(50)29-28(32(18)48)31(47)17-4-3-5-23(59-2)26(17)33(29)49/h3-8,14,16,19,24-25,30,35-38,40,44,46,48,50-53H,9-13H2,1-2H3,(H,42,56)(H,54,55)/t14?,16-,19?,24+,25+,30-,35?,36+,37?,38?,40-/m1/s1. The number of aliphatic hydroxyl groups excluding tert-OH is 5. The summed E-state index contributed by atoms with van der Waals surface area (Å²) in [6.07, 6.45) is -17.0. The lowest BCUT2D eigenvalue weighted by molar-refractivity contribution is -0.387. The zero-order chi connectivity index (χ0) is 46.5. The van der Waals surface area contributed by atoms with Gasteiger partial charge >= 0.3 is 17.7 Å². The predicted molar refractivity (Wildman–Crippen MR) is 207 cm³/mol. The van der Waals surface area contributed by atoms with E-state index >= 15 is 0 Å². The summed E-state index contributed by atoms with van der Waals surface area (Å²) in [7, 11) is 1.29. The van der Waals surface area contributed by atoms with Gasteiger partial charge in [0.05, 0.1) is 47.0 Å². The van der Waals surface area contributed by atoms with Crippen molar-refractivity contribution in [3.8, 4) is 23.0 Å². The molecule has 0 spiro atoms. The number of amides is 1. The van der Waals surface area contributed by atoms with E-state index in [0.717, 1.165) is 12.1 Å². The summed E-state index contributed by atoms with van der Waals surface area (Å²) < 4.78 is 33.1. The number of carboxylic acids is 1. The molecule has 1 amide bonds. The summed E-state index contributed by atoms with van der Waals surface area (Å²) in [5.41, 5.74) is -2.16. The van der Waals surface area contributed by atoms with Gasteiger partial charge in [-0.15, -0.1) is 0 Å². The second kappa shape index (κ2) is 18.1. The van der Waals surface area contributed by atoms with E-state index in [-0.39, 0.29) is 52.8 Å². The number of fused-ring (bicyclic) bond motifs is 3. The number of carboxylic acid groups (broad SMARTS) is 1. The number of rotatable bonds is 12. The number of methoxy groups -OCH3 is 1. The van der Waals surface area contributed by atoms with E-state index in [2.05, 4.69) is 5.32 Å². The maximum Gasteiger partial charge on any atom is 0.407 e. The van der Waals surface area contributed by atoms with Crippen LogP contribution < -0.4 is 14.8 Å². The Labute approximate surface area is 360 Å². The molecule has 23 nitrogen and oxygen atoms in total. The van der Waals surface area contributed by atoms with Crippen LogP contribution in [0.15, 0.2) is 36.4 Å². The molecule has 9 N–H and O–H groups in total. The lowest BCUT2D eigenvalue weighted by Crippen LogP contribution is -2.61. The van der Waals surface area contributed by atoms with Crippen molar-refractivity contribution in [3.63, 3.8) is 0 Å². The number of phenolic OH excluding ortho intramolecular Hbond substituents is 2. The third kappa shape index (κ3) is 8.30. The summed E-state index contributed by atoms with van der Waals surface area (Å²) in [5.74, 6) is -6.85. The average Bonchev–Trinajstić information content (AvgIpc) is 3.27. The number of nitrogens with one attached hydrogen (secondary N) is 1. The number of ether oxygens (including phenoxy) is 6. The van der Waals surface area contributed by atoms with E-state index in [4.69, 9.17) is 28.4 Å². The molecule has 2 saturated heterocycles. The monoisotopic (exact) mass is 898 g/mol. The van der Waals surface area contributed by atoms with Crippen LogP contribution in [0, 0.1) is 16.0 Å². The number of alkyl carbamates (subject to hydrolysis) is 1. The van der Waals surface area contributed by atoms with Crippen LogP contribution in [-0.4, -0.2) is 144 Å². The molecule has 4 aliphatic rings. The van der Waals surface area contributed by atoms with Gasteiger partial charge in [0.1, 0.15) is 54.9 Å². The van der Waals surface area contributed by atoms with E-state index in [1.54, 1.807) is 0 Å². The molecule has 11 atom stereocenters. The van der Waals surface area contributed by atoms with Gasteiger partial charge in [-0.05, 0) is 37.5 Å². The molecule has 2 heterocycles. The number of nitro groups is 1. The van der Waals surface area contributed by atoms with Crippen LogP contribution in [-0.2, 0) is 41.6 Å². The van der Waals surface area contributed by atoms with Crippen molar-refractivity contribution in [2.75, 3.05) is 13.7 Å². The van der Waals surface area contributed by atoms with E-state index in [1.165, 1.54) is 38.3 Å². The Hall–Kier alpha value is -6.31. The minimum absolute atomic E-state index is 0.0376. The van der Waals surface area contributed by atoms with Gasteiger partial charge in [0.2, 0.25) is 12.1 Å². The van der Waals surface area contributed by atoms with Crippen LogP contribution in [0.4, 0.5) is 10.5 Å². The lowest BCUT2D eigenvalue weighted by Gasteiger charge is -2.41.